The molecule has 0 atom stereocenters. The van der Waals surface area contributed by atoms with Gasteiger partial charge in [0.25, 0.3) is 5.91 Å². The van der Waals surface area contributed by atoms with Crippen molar-refractivity contribution in [3.05, 3.63) is 60.4 Å². The maximum atomic E-state index is 12.0. The van der Waals surface area contributed by atoms with Crippen LogP contribution in [0.4, 0.5) is 0 Å². The lowest BCUT2D eigenvalue weighted by molar-refractivity contribution is -0.123. The average Bonchev–Trinajstić information content (AvgIpc) is 3.25. The summed E-state index contributed by atoms with van der Waals surface area (Å²) in [6, 6.07) is 14.5. The summed E-state index contributed by atoms with van der Waals surface area (Å²) in [7, 11) is 1.57. The van der Waals surface area contributed by atoms with Crippen LogP contribution in [0.5, 0.6) is 11.5 Å². The van der Waals surface area contributed by atoms with Gasteiger partial charge in [0.2, 0.25) is 0 Å². The van der Waals surface area contributed by atoms with E-state index in [9.17, 15) is 4.79 Å². The molecule has 0 aliphatic rings. The van der Waals surface area contributed by atoms with E-state index in [1.807, 2.05) is 24.3 Å². The Kier molecular flexibility index (Phi) is 5.73. The van der Waals surface area contributed by atoms with E-state index < -0.39 is 0 Å². The first kappa shape index (κ1) is 18.1. The zero-order chi connectivity index (χ0) is 19.1. The molecule has 27 heavy (non-hydrogen) atoms. The number of methoxy groups -OCH3 is 1. The Hall–Kier alpha value is -3.75. The molecule has 0 bridgehead atoms. The zero-order valence-corrected chi connectivity index (χ0v) is 14.9. The summed E-state index contributed by atoms with van der Waals surface area (Å²) < 4.78 is 12.1. The number of nitrogens with zero attached hydrogens (tertiary/aromatic N) is 5. The predicted molar refractivity (Wildman–Crippen MR) is 98.0 cm³/mol. The van der Waals surface area contributed by atoms with Crippen LogP contribution in [-0.4, -0.2) is 45.5 Å². The molecule has 0 radical (unpaired) electrons. The highest BCUT2D eigenvalue weighted by Gasteiger charge is 2.05. The van der Waals surface area contributed by atoms with E-state index in [0.717, 1.165) is 11.3 Å². The Labute approximate surface area is 155 Å². The summed E-state index contributed by atoms with van der Waals surface area (Å²) in [6.45, 7) is 1.64. The third-order valence-electron chi connectivity index (χ3n) is 3.64. The molecular weight excluding hydrogens is 348 g/mol. The summed E-state index contributed by atoms with van der Waals surface area (Å²) in [5, 5.41) is 15.2. The minimum Gasteiger partial charge on any atom is -0.497 e. The fourth-order valence-corrected chi connectivity index (χ4v) is 2.24. The van der Waals surface area contributed by atoms with Crippen molar-refractivity contribution in [2.24, 2.45) is 5.10 Å². The first-order valence-electron chi connectivity index (χ1n) is 8.09. The first-order valence-corrected chi connectivity index (χ1v) is 8.09. The van der Waals surface area contributed by atoms with Gasteiger partial charge in [-0.3, -0.25) is 4.79 Å². The molecule has 1 N–H and O–H groups in total. The summed E-state index contributed by atoms with van der Waals surface area (Å²) >= 11 is 0. The van der Waals surface area contributed by atoms with Crippen LogP contribution in [0, 0.1) is 0 Å². The lowest BCUT2D eigenvalue weighted by atomic mass is 10.1. The molecule has 3 aromatic rings. The number of ether oxygens (including phenoxy) is 2. The van der Waals surface area contributed by atoms with Gasteiger partial charge in [-0.1, -0.05) is 18.2 Å². The fourth-order valence-electron chi connectivity index (χ4n) is 2.24. The molecular formula is C18H18N6O3. The number of amides is 1. The Morgan fingerprint density at radius 3 is 2.78 bits per heavy atom. The van der Waals surface area contributed by atoms with Gasteiger partial charge in [0.15, 0.2) is 6.61 Å². The second-order valence-corrected chi connectivity index (χ2v) is 5.50. The van der Waals surface area contributed by atoms with Crippen LogP contribution in [0.3, 0.4) is 0 Å². The van der Waals surface area contributed by atoms with Crippen molar-refractivity contribution in [1.82, 2.24) is 25.6 Å². The molecule has 0 fully saturated rings. The quantitative estimate of drug-likeness (QED) is 0.503. The van der Waals surface area contributed by atoms with Crippen molar-refractivity contribution in [3.63, 3.8) is 0 Å². The molecule has 9 nitrogen and oxygen atoms in total. The Bertz CT molecular complexity index is 940. The minimum atomic E-state index is -0.367. The van der Waals surface area contributed by atoms with Gasteiger partial charge in [0.1, 0.15) is 17.8 Å². The standard InChI is InChI=1S/C18H18N6O3/c1-13(14-5-3-6-15(9-14)24-12-19-22-23-24)20-21-18(25)11-27-17-8-4-7-16(10-17)26-2/h3-10,12H,11H2,1-2H3,(H,21,25). The zero-order valence-electron chi connectivity index (χ0n) is 14.9. The molecule has 1 heterocycles. The minimum absolute atomic E-state index is 0.158. The lowest BCUT2D eigenvalue weighted by Crippen LogP contribution is -2.25. The third-order valence-corrected chi connectivity index (χ3v) is 3.64. The SMILES string of the molecule is COc1cccc(OCC(=O)NN=C(C)c2cccc(-n3cnnn3)c2)c1. The predicted octanol–water partition coefficient (Wildman–Crippen LogP) is 1.59. The van der Waals surface area contributed by atoms with E-state index in [4.69, 9.17) is 9.47 Å². The highest BCUT2D eigenvalue weighted by molar-refractivity contribution is 5.99. The van der Waals surface area contributed by atoms with E-state index in [1.54, 1.807) is 38.3 Å². The largest absolute Gasteiger partial charge is 0.497 e. The van der Waals surface area contributed by atoms with Gasteiger partial charge in [-0.25, -0.2) is 10.1 Å². The van der Waals surface area contributed by atoms with Crippen LogP contribution in [0.25, 0.3) is 5.69 Å². The van der Waals surface area contributed by atoms with E-state index in [2.05, 4.69) is 26.1 Å². The van der Waals surface area contributed by atoms with Crippen molar-refractivity contribution in [2.45, 2.75) is 6.92 Å². The summed E-state index contributed by atoms with van der Waals surface area (Å²) in [6.07, 6.45) is 1.50. The number of rotatable bonds is 7. The molecule has 0 spiro atoms. The Balaban J connectivity index is 1.58. The number of benzene rings is 2. The number of aromatic nitrogens is 4. The lowest BCUT2D eigenvalue weighted by Gasteiger charge is -2.07. The summed E-state index contributed by atoms with van der Waals surface area (Å²) in [4.78, 5) is 12.0. The monoisotopic (exact) mass is 366 g/mol. The number of hydrogen-bond donors (Lipinski definition) is 1. The Morgan fingerprint density at radius 1 is 1.19 bits per heavy atom. The molecule has 1 aromatic heterocycles. The molecule has 0 unspecified atom stereocenters. The van der Waals surface area contributed by atoms with E-state index in [1.165, 1.54) is 11.0 Å². The number of nitrogens with one attached hydrogen (secondary N) is 1. The summed E-state index contributed by atoms with van der Waals surface area (Å²) in [5.41, 5.74) is 4.74. The molecule has 0 aliphatic carbocycles. The molecule has 0 saturated carbocycles. The van der Waals surface area contributed by atoms with Crippen LogP contribution in [0.1, 0.15) is 12.5 Å². The molecule has 138 valence electrons. The molecule has 0 aliphatic heterocycles. The number of tetrazole rings is 1. The smallest absolute Gasteiger partial charge is 0.277 e. The van der Waals surface area contributed by atoms with Gasteiger partial charge < -0.3 is 9.47 Å². The average molecular weight is 366 g/mol. The van der Waals surface area contributed by atoms with Crippen LogP contribution >= 0.6 is 0 Å². The molecule has 0 saturated heterocycles. The van der Waals surface area contributed by atoms with Crippen LogP contribution in [-0.2, 0) is 4.79 Å². The number of carbonyl (C=O) groups is 1. The Morgan fingerprint density at radius 2 is 2.00 bits per heavy atom. The maximum absolute atomic E-state index is 12.0. The number of carbonyl (C=O) groups excluding carboxylic acids is 1. The summed E-state index contributed by atoms with van der Waals surface area (Å²) in [5.74, 6) is 0.831. The highest BCUT2D eigenvalue weighted by Crippen LogP contribution is 2.18. The van der Waals surface area contributed by atoms with Gasteiger partial charge in [-0.15, -0.1) is 5.10 Å². The van der Waals surface area contributed by atoms with Gasteiger partial charge in [0.05, 0.1) is 18.5 Å². The fraction of sp³-hybridized carbons (Fsp3) is 0.167. The van der Waals surface area contributed by atoms with Crippen molar-refractivity contribution >= 4 is 11.6 Å². The van der Waals surface area contributed by atoms with Crippen LogP contribution in [0.15, 0.2) is 60.0 Å². The van der Waals surface area contributed by atoms with Crippen molar-refractivity contribution < 1.29 is 14.3 Å². The third kappa shape index (κ3) is 4.88. The van der Waals surface area contributed by atoms with Crippen molar-refractivity contribution in [1.29, 1.82) is 0 Å². The van der Waals surface area contributed by atoms with Crippen LogP contribution < -0.4 is 14.9 Å². The highest BCUT2D eigenvalue weighted by atomic mass is 16.5. The second-order valence-electron chi connectivity index (χ2n) is 5.50. The second kappa shape index (κ2) is 8.56. The maximum Gasteiger partial charge on any atom is 0.277 e. The number of hydrogen-bond acceptors (Lipinski definition) is 7. The van der Waals surface area contributed by atoms with Crippen molar-refractivity contribution in [2.75, 3.05) is 13.7 Å². The molecule has 9 heteroatoms. The molecule has 1 amide bonds. The van der Waals surface area contributed by atoms with Gasteiger partial charge in [-0.05, 0) is 47.2 Å². The van der Waals surface area contributed by atoms with Gasteiger partial charge in [0, 0.05) is 6.07 Å². The first-order chi connectivity index (χ1) is 13.2. The number of hydrazone groups is 1. The van der Waals surface area contributed by atoms with Gasteiger partial charge in [-0.2, -0.15) is 5.10 Å². The van der Waals surface area contributed by atoms with Crippen LogP contribution in [0.2, 0.25) is 0 Å². The molecule has 3 rings (SSSR count). The van der Waals surface area contributed by atoms with E-state index in [0.29, 0.717) is 17.2 Å². The van der Waals surface area contributed by atoms with E-state index in [-0.39, 0.29) is 12.5 Å². The topological polar surface area (TPSA) is 104 Å². The van der Waals surface area contributed by atoms with Gasteiger partial charge >= 0.3 is 0 Å². The molecule has 2 aromatic carbocycles. The van der Waals surface area contributed by atoms with E-state index >= 15 is 0 Å². The van der Waals surface area contributed by atoms with Crippen molar-refractivity contribution in [3.8, 4) is 17.2 Å². The normalized spacial score (nSPS) is 11.1.